The van der Waals surface area contributed by atoms with Crippen molar-refractivity contribution in [2.24, 2.45) is 0 Å². The summed E-state index contributed by atoms with van der Waals surface area (Å²) in [5, 5.41) is 0.254. The van der Waals surface area contributed by atoms with Gasteiger partial charge in [0.25, 0.3) is 0 Å². The van der Waals surface area contributed by atoms with E-state index in [1.165, 1.54) is 6.07 Å². The minimum Gasteiger partial charge on any atom is -0.461 e. The Morgan fingerprint density at radius 1 is 1.43 bits per heavy atom. The number of halogens is 2. The van der Waals surface area contributed by atoms with Crippen LogP contribution in [-0.2, 0) is 4.74 Å². The highest BCUT2D eigenvalue weighted by Gasteiger charge is 2.20. The van der Waals surface area contributed by atoms with E-state index in [4.69, 9.17) is 11.2 Å². The molecule has 2 rings (SSSR count). The average molecular weight is 307 g/mol. The van der Waals surface area contributed by atoms with Crippen molar-refractivity contribution < 1.29 is 18.3 Å². The molecule has 3 nitrogen and oxygen atoms in total. The van der Waals surface area contributed by atoms with Gasteiger partial charge < -0.3 is 4.74 Å². The van der Waals surface area contributed by atoms with E-state index in [0.717, 1.165) is 11.3 Å². The number of benzene rings is 1. The fraction of sp³-hybridized carbons (Fsp3) is 0.200. The van der Waals surface area contributed by atoms with Crippen molar-refractivity contribution in [1.29, 1.82) is 0 Å². The molecule has 0 bridgehead atoms. The molecule has 0 atom stereocenters. The van der Waals surface area contributed by atoms with Gasteiger partial charge in [-0.3, -0.25) is 0 Å². The second kappa shape index (κ2) is 6.02. The highest BCUT2D eigenvalue weighted by Crippen LogP contribution is 2.31. The molecular formula is C15H11F2NO2S. The maximum atomic E-state index is 13.9. The zero-order chi connectivity index (χ0) is 15.6. The number of aromatic nitrogens is 1. The SMILES string of the molecule is C#Cc1cc(-c2nc(C(=O)OCC)c(C)s2)c(F)cc1F. The van der Waals surface area contributed by atoms with Gasteiger partial charge >= 0.3 is 5.97 Å². The van der Waals surface area contributed by atoms with Crippen LogP contribution in [0.25, 0.3) is 10.6 Å². The van der Waals surface area contributed by atoms with Crippen molar-refractivity contribution in [2.45, 2.75) is 13.8 Å². The lowest BCUT2D eigenvalue weighted by Crippen LogP contribution is -2.06. The Kier molecular flexibility index (Phi) is 4.34. The molecule has 0 radical (unpaired) electrons. The van der Waals surface area contributed by atoms with Crippen molar-refractivity contribution >= 4 is 17.3 Å². The van der Waals surface area contributed by atoms with Crippen LogP contribution in [0.3, 0.4) is 0 Å². The summed E-state index contributed by atoms with van der Waals surface area (Å²) < 4.78 is 32.1. The van der Waals surface area contributed by atoms with Gasteiger partial charge in [-0.05, 0) is 19.9 Å². The molecule has 1 heterocycles. The topological polar surface area (TPSA) is 39.2 Å². The quantitative estimate of drug-likeness (QED) is 0.643. The van der Waals surface area contributed by atoms with E-state index in [1.54, 1.807) is 13.8 Å². The molecule has 0 N–H and O–H groups in total. The van der Waals surface area contributed by atoms with E-state index in [9.17, 15) is 13.6 Å². The van der Waals surface area contributed by atoms with Crippen molar-refractivity contribution in [3.63, 3.8) is 0 Å². The van der Waals surface area contributed by atoms with Crippen LogP contribution in [0, 0.1) is 30.9 Å². The molecule has 0 aliphatic rings. The second-order valence-corrected chi connectivity index (χ2v) is 5.30. The highest BCUT2D eigenvalue weighted by atomic mass is 32.1. The predicted molar refractivity (Wildman–Crippen MR) is 76.1 cm³/mol. The van der Waals surface area contributed by atoms with Gasteiger partial charge in [-0.1, -0.05) is 5.92 Å². The van der Waals surface area contributed by atoms with Gasteiger partial charge in [0.1, 0.15) is 16.6 Å². The molecular weight excluding hydrogens is 296 g/mol. The Bertz CT molecular complexity index is 747. The first kappa shape index (κ1) is 15.1. The predicted octanol–water partition coefficient (Wildman–Crippen LogP) is 3.55. The van der Waals surface area contributed by atoms with Crippen LogP contribution < -0.4 is 0 Å². The third-order valence-electron chi connectivity index (χ3n) is 2.71. The van der Waals surface area contributed by atoms with Gasteiger partial charge in [-0.2, -0.15) is 0 Å². The lowest BCUT2D eigenvalue weighted by Gasteiger charge is -2.02. The van der Waals surface area contributed by atoms with Crippen molar-refractivity contribution in [3.05, 3.63) is 39.9 Å². The number of ether oxygens (including phenoxy) is 1. The number of hydrogen-bond acceptors (Lipinski definition) is 4. The normalized spacial score (nSPS) is 10.2. The van der Waals surface area contributed by atoms with E-state index in [0.29, 0.717) is 10.9 Å². The molecule has 0 saturated heterocycles. The Labute approximate surface area is 124 Å². The van der Waals surface area contributed by atoms with Crippen LogP contribution in [0.2, 0.25) is 0 Å². The first-order valence-corrected chi connectivity index (χ1v) is 6.90. The van der Waals surface area contributed by atoms with E-state index >= 15 is 0 Å². The number of aryl methyl sites for hydroxylation is 1. The van der Waals surface area contributed by atoms with Gasteiger partial charge in [-0.25, -0.2) is 18.6 Å². The smallest absolute Gasteiger partial charge is 0.358 e. The molecule has 2 aromatic rings. The van der Waals surface area contributed by atoms with E-state index in [-0.39, 0.29) is 28.4 Å². The molecule has 21 heavy (non-hydrogen) atoms. The molecule has 0 aliphatic carbocycles. The summed E-state index contributed by atoms with van der Waals surface area (Å²) in [4.78, 5) is 16.4. The molecule has 1 aromatic heterocycles. The minimum atomic E-state index is -0.808. The fourth-order valence-electron chi connectivity index (χ4n) is 1.72. The summed E-state index contributed by atoms with van der Waals surface area (Å²) in [5.41, 5.74) is 0.132. The van der Waals surface area contributed by atoms with Gasteiger partial charge in [0, 0.05) is 16.5 Å². The fourth-order valence-corrected chi connectivity index (χ4v) is 2.64. The van der Waals surface area contributed by atoms with Crippen molar-refractivity contribution in [1.82, 2.24) is 4.98 Å². The van der Waals surface area contributed by atoms with E-state index in [2.05, 4.69) is 10.9 Å². The first-order valence-electron chi connectivity index (χ1n) is 6.08. The van der Waals surface area contributed by atoms with Crippen LogP contribution in [0.4, 0.5) is 8.78 Å². The lowest BCUT2D eigenvalue weighted by molar-refractivity contribution is 0.0519. The molecule has 0 aliphatic heterocycles. The number of thiazole rings is 1. The van der Waals surface area contributed by atoms with E-state index in [1.807, 2.05) is 0 Å². The molecule has 6 heteroatoms. The van der Waals surface area contributed by atoms with Gasteiger partial charge in [0.15, 0.2) is 5.69 Å². The Morgan fingerprint density at radius 3 is 2.76 bits per heavy atom. The van der Waals surface area contributed by atoms with Crippen LogP contribution in [0.15, 0.2) is 12.1 Å². The molecule has 108 valence electrons. The monoisotopic (exact) mass is 307 g/mol. The molecule has 1 aromatic carbocycles. The van der Waals surface area contributed by atoms with Crippen LogP contribution in [0.5, 0.6) is 0 Å². The van der Waals surface area contributed by atoms with Gasteiger partial charge in [0.05, 0.1) is 12.2 Å². The summed E-state index contributed by atoms with van der Waals surface area (Å²) in [6, 6.07) is 1.92. The summed E-state index contributed by atoms with van der Waals surface area (Å²) in [5.74, 6) is -0.0209. The lowest BCUT2D eigenvalue weighted by atomic mass is 10.1. The summed E-state index contributed by atoms with van der Waals surface area (Å²) in [7, 11) is 0. The van der Waals surface area contributed by atoms with Gasteiger partial charge in [0.2, 0.25) is 0 Å². The van der Waals surface area contributed by atoms with Crippen LogP contribution >= 0.6 is 11.3 Å². The number of nitrogens with zero attached hydrogens (tertiary/aromatic N) is 1. The molecule has 0 fully saturated rings. The third-order valence-corrected chi connectivity index (χ3v) is 3.71. The first-order chi connectivity index (χ1) is 9.97. The van der Waals surface area contributed by atoms with Crippen LogP contribution in [0.1, 0.15) is 27.9 Å². The molecule has 0 saturated carbocycles. The zero-order valence-corrected chi connectivity index (χ0v) is 12.2. The van der Waals surface area contributed by atoms with Gasteiger partial charge in [-0.15, -0.1) is 17.8 Å². The average Bonchev–Trinajstić information content (AvgIpc) is 2.81. The standard InChI is InChI=1S/C15H11F2NO2S/c1-4-9-6-10(12(17)7-11(9)16)14-18-13(8(3)21-14)15(19)20-5-2/h1,6-7H,5H2,2-3H3. The zero-order valence-electron chi connectivity index (χ0n) is 11.4. The number of carbonyl (C=O) groups excluding carboxylic acids is 1. The largest absolute Gasteiger partial charge is 0.461 e. The second-order valence-electron chi connectivity index (χ2n) is 4.10. The number of hydrogen-bond donors (Lipinski definition) is 0. The Morgan fingerprint density at radius 2 is 2.14 bits per heavy atom. The number of terminal acetylenes is 1. The van der Waals surface area contributed by atoms with Crippen molar-refractivity contribution in [3.8, 4) is 22.9 Å². The Hall–Kier alpha value is -2.26. The van der Waals surface area contributed by atoms with Crippen LogP contribution in [-0.4, -0.2) is 17.6 Å². The maximum absolute atomic E-state index is 13.9. The number of esters is 1. The summed E-state index contributed by atoms with van der Waals surface area (Å²) >= 11 is 1.12. The third kappa shape index (κ3) is 2.93. The minimum absolute atomic E-state index is 0.0584. The summed E-state index contributed by atoms with van der Waals surface area (Å²) in [6.45, 7) is 3.58. The van der Waals surface area contributed by atoms with Crippen molar-refractivity contribution in [2.75, 3.05) is 6.61 Å². The summed E-state index contributed by atoms with van der Waals surface area (Å²) in [6.07, 6.45) is 5.17. The molecule has 0 unspecified atom stereocenters. The molecule has 0 spiro atoms. The van der Waals surface area contributed by atoms with E-state index < -0.39 is 17.6 Å². The highest BCUT2D eigenvalue weighted by molar-refractivity contribution is 7.15. The molecule has 0 amide bonds. The number of rotatable bonds is 3. The maximum Gasteiger partial charge on any atom is 0.358 e. The number of carbonyl (C=O) groups is 1. The Balaban J connectivity index is 2.51.